The number of halogens is 2. The minimum Gasteiger partial charge on any atom is -0.369 e. The van der Waals surface area contributed by atoms with Gasteiger partial charge < -0.3 is 14.8 Å². The number of hydrogen-bond acceptors (Lipinski definition) is 9. The first-order chi connectivity index (χ1) is 26.1. The van der Waals surface area contributed by atoms with Crippen LogP contribution in [-0.2, 0) is 9.59 Å². The number of pyridine rings is 2. The maximum Gasteiger partial charge on any atom is 0.263 e. The van der Waals surface area contributed by atoms with Crippen LogP contribution in [0.2, 0.25) is 0 Å². The van der Waals surface area contributed by atoms with Crippen molar-refractivity contribution < 1.29 is 28.0 Å². The lowest BCUT2D eigenvalue weighted by atomic mass is 9.89. The number of nitrogens with one attached hydrogen (secondary N) is 2. The molecule has 4 aliphatic rings. The fourth-order valence-corrected chi connectivity index (χ4v) is 8.45. The van der Waals surface area contributed by atoms with E-state index in [0.29, 0.717) is 57.8 Å². The van der Waals surface area contributed by atoms with E-state index in [0.717, 1.165) is 43.7 Å². The summed E-state index contributed by atoms with van der Waals surface area (Å²) in [5, 5.41) is 4.40. The van der Waals surface area contributed by atoms with Crippen molar-refractivity contribution in [3.63, 3.8) is 0 Å². The van der Waals surface area contributed by atoms with Gasteiger partial charge in [-0.1, -0.05) is 12.1 Å². The largest absolute Gasteiger partial charge is 0.369 e. The fourth-order valence-electron chi connectivity index (χ4n) is 8.45. The average Bonchev–Trinajstić information content (AvgIpc) is 3.68. The molecule has 3 saturated heterocycles. The minimum absolute atomic E-state index is 0.0500. The third-order valence-corrected chi connectivity index (χ3v) is 11.5. The van der Waals surface area contributed by atoms with Crippen LogP contribution in [0, 0.1) is 5.92 Å². The monoisotopic (exact) mass is 732 g/mol. The lowest BCUT2D eigenvalue weighted by Crippen LogP contribution is -2.54. The van der Waals surface area contributed by atoms with Gasteiger partial charge in [-0.15, -0.1) is 0 Å². The van der Waals surface area contributed by atoms with Crippen molar-refractivity contribution in [2.45, 2.75) is 37.6 Å². The van der Waals surface area contributed by atoms with Gasteiger partial charge in [0.2, 0.25) is 11.8 Å². The number of alkyl halides is 2. The normalized spacial score (nSPS) is 20.3. The number of aromatic amines is 1. The van der Waals surface area contributed by atoms with Gasteiger partial charge in [0.05, 0.1) is 17.7 Å². The Hall–Kier alpha value is -5.76. The Morgan fingerprint density at radius 3 is 2.28 bits per heavy atom. The Balaban J connectivity index is 0.777. The molecule has 3 aromatic heterocycles. The molecule has 7 heterocycles. The molecular formula is C40H38F2N8O4. The maximum absolute atomic E-state index is 15.7. The highest BCUT2D eigenvalue weighted by atomic mass is 19.3. The molecule has 0 radical (unpaired) electrons. The molecule has 1 atom stereocenters. The van der Waals surface area contributed by atoms with Crippen molar-refractivity contribution in [1.82, 2.24) is 30.1 Å². The van der Waals surface area contributed by atoms with Crippen molar-refractivity contribution in [1.29, 1.82) is 0 Å². The standard InChI is InChI=1S/C40H38F2N8O4/c41-40(42,23-47-15-17-48(18-16-47)27-3-5-29-30(20-27)39(54)50(38(29)53)34-6-8-36(51)46-37(34)52)26-10-13-49(14-11-26)35-7-2-25(21-44-35)24-1-4-28-31-22-43-12-9-32(31)45-33(28)19-24/h1-5,7,9,12,19-22,26,34,45H,6,8,10-11,13-18,23H2,(H,46,51,52). The van der Waals surface area contributed by atoms with Crippen molar-refractivity contribution in [3.8, 4) is 11.1 Å². The van der Waals surface area contributed by atoms with Crippen LogP contribution in [0.5, 0.6) is 0 Å². The molecule has 276 valence electrons. The summed E-state index contributed by atoms with van der Waals surface area (Å²) in [6.07, 6.45) is 6.36. The van der Waals surface area contributed by atoms with Crippen molar-refractivity contribution >= 4 is 56.9 Å². The van der Waals surface area contributed by atoms with Gasteiger partial charge >= 0.3 is 0 Å². The van der Waals surface area contributed by atoms with E-state index in [1.165, 1.54) is 0 Å². The number of amides is 4. The summed E-state index contributed by atoms with van der Waals surface area (Å²) in [4.78, 5) is 69.6. The van der Waals surface area contributed by atoms with Crippen LogP contribution in [0.1, 0.15) is 46.4 Å². The third-order valence-electron chi connectivity index (χ3n) is 11.5. The van der Waals surface area contributed by atoms with Crippen molar-refractivity contribution in [3.05, 3.63) is 84.3 Å². The van der Waals surface area contributed by atoms with E-state index in [1.54, 1.807) is 29.3 Å². The summed E-state index contributed by atoms with van der Waals surface area (Å²) in [6.45, 7) is 2.55. The second-order valence-electron chi connectivity index (χ2n) is 14.7. The molecular weight excluding hydrogens is 694 g/mol. The van der Waals surface area contributed by atoms with Gasteiger partial charge in [-0.05, 0) is 67.3 Å². The molecule has 2 aromatic carbocycles. The van der Waals surface area contributed by atoms with E-state index in [4.69, 9.17) is 4.98 Å². The van der Waals surface area contributed by atoms with Crippen LogP contribution >= 0.6 is 0 Å². The van der Waals surface area contributed by atoms with E-state index < -0.39 is 41.5 Å². The number of rotatable bonds is 7. The van der Waals surface area contributed by atoms with Crippen molar-refractivity contribution in [2.24, 2.45) is 5.92 Å². The van der Waals surface area contributed by atoms with Crippen LogP contribution in [0.15, 0.2) is 73.2 Å². The topological polar surface area (TPSA) is 135 Å². The third kappa shape index (κ3) is 6.03. The number of H-pyrrole nitrogens is 1. The van der Waals surface area contributed by atoms with Gasteiger partial charge in [0.1, 0.15) is 11.9 Å². The van der Waals surface area contributed by atoms with Gasteiger partial charge in [-0.2, -0.15) is 0 Å². The Bertz CT molecular complexity index is 2310. The smallest absolute Gasteiger partial charge is 0.263 e. The van der Waals surface area contributed by atoms with E-state index in [-0.39, 0.29) is 30.5 Å². The Kier molecular flexibility index (Phi) is 8.36. The summed E-state index contributed by atoms with van der Waals surface area (Å²) >= 11 is 0. The predicted molar refractivity (Wildman–Crippen MR) is 198 cm³/mol. The molecule has 3 fully saturated rings. The Morgan fingerprint density at radius 2 is 1.52 bits per heavy atom. The number of carbonyl (C=O) groups is 4. The van der Waals surface area contributed by atoms with Gasteiger partial charge in [-0.25, -0.2) is 13.8 Å². The number of piperidine rings is 2. The summed E-state index contributed by atoms with van der Waals surface area (Å²) in [5.74, 6) is -4.99. The Morgan fingerprint density at radius 1 is 0.741 bits per heavy atom. The van der Waals surface area contributed by atoms with Crippen LogP contribution in [0.3, 0.4) is 0 Å². The maximum atomic E-state index is 15.7. The molecule has 0 saturated carbocycles. The summed E-state index contributed by atoms with van der Waals surface area (Å²) in [5.41, 5.74) is 5.22. The Labute approximate surface area is 309 Å². The van der Waals surface area contributed by atoms with Crippen LogP contribution < -0.4 is 15.1 Å². The highest BCUT2D eigenvalue weighted by molar-refractivity contribution is 6.23. The molecule has 54 heavy (non-hydrogen) atoms. The molecule has 12 nitrogen and oxygen atoms in total. The highest BCUT2D eigenvalue weighted by Crippen LogP contribution is 2.37. The number of fused-ring (bicyclic) bond motifs is 4. The zero-order valence-electron chi connectivity index (χ0n) is 29.4. The molecule has 4 aliphatic heterocycles. The van der Waals surface area contributed by atoms with E-state index in [2.05, 4.69) is 38.4 Å². The summed E-state index contributed by atoms with van der Waals surface area (Å²) in [7, 11) is 0. The van der Waals surface area contributed by atoms with Crippen LogP contribution in [0.4, 0.5) is 20.3 Å². The van der Waals surface area contributed by atoms with Gasteiger partial charge in [-0.3, -0.25) is 39.3 Å². The highest BCUT2D eigenvalue weighted by Gasteiger charge is 2.45. The number of benzene rings is 2. The number of hydrogen-bond donors (Lipinski definition) is 2. The molecule has 9 rings (SSSR count). The molecule has 14 heteroatoms. The first-order valence-corrected chi connectivity index (χ1v) is 18.4. The SMILES string of the molecule is O=C1CCC(N2C(=O)c3ccc(N4CCN(CC(F)(F)C5CCN(c6ccc(-c7ccc8c(c7)[nH]c7ccncc78)cn6)CC5)CC4)cc3C2=O)C(=O)N1. The molecule has 0 aliphatic carbocycles. The molecule has 2 N–H and O–H groups in total. The number of piperazine rings is 1. The van der Waals surface area contributed by atoms with Gasteiger partial charge in [0.25, 0.3) is 17.7 Å². The van der Waals surface area contributed by atoms with E-state index in [9.17, 15) is 19.2 Å². The first-order valence-electron chi connectivity index (χ1n) is 18.4. The second-order valence-corrected chi connectivity index (χ2v) is 14.7. The number of anilines is 2. The van der Waals surface area contributed by atoms with Crippen LogP contribution in [-0.4, -0.2) is 106 Å². The quantitative estimate of drug-likeness (QED) is 0.225. The second kappa shape index (κ2) is 13.3. The lowest BCUT2D eigenvalue weighted by molar-refractivity contribution is -0.136. The van der Waals surface area contributed by atoms with E-state index >= 15 is 8.78 Å². The zero-order valence-corrected chi connectivity index (χ0v) is 29.4. The molecule has 5 aromatic rings. The summed E-state index contributed by atoms with van der Waals surface area (Å²) in [6, 6.07) is 16.2. The predicted octanol–water partition coefficient (Wildman–Crippen LogP) is 4.85. The number of imide groups is 2. The molecule has 0 spiro atoms. The van der Waals surface area contributed by atoms with Gasteiger partial charge in [0.15, 0.2) is 0 Å². The first kappa shape index (κ1) is 34.0. The van der Waals surface area contributed by atoms with Gasteiger partial charge in [0, 0.05) is 103 Å². The number of aromatic nitrogens is 3. The van der Waals surface area contributed by atoms with E-state index in [1.807, 2.05) is 35.5 Å². The zero-order chi connectivity index (χ0) is 37.1. The summed E-state index contributed by atoms with van der Waals surface area (Å²) < 4.78 is 31.4. The molecule has 1 unspecified atom stereocenters. The number of carbonyl (C=O) groups excluding carboxylic acids is 4. The lowest BCUT2D eigenvalue weighted by Gasteiger charge is -2.41. The number of nitrogens with zero attached hydrogens (tertiary/aromatic N) is 6. The van der Waals surface area contributed by atoms with Crippen LogP contribution in [0.25, 0.3) is 32.9 Å². The van der Waals surface area contributed by atoms with Crippen molar-refractivity contribution in [2.75, 3.05) is 55.6 Å². The fraction of sp³-hybridized carbons (Fsp3) is 0.350. The molecule has 0 bridgehead atoms. The molecule has 4 amide bonds. The minimum atomic E-state index is -2.84. The average molecular weight is 733 g/mol.